The Kier molecular flexibility index (Phi) is 8.57. The van der Waals surface area contributed by atoms with E-state index in [1.54, 1.807) is 6.20 Å². The Morgan fingerprint density at radius 2 is 2.04 bits per heavy atom. The van der Waals surface area contributed by atoms with E-state index in [0.29, 0.717) is 22.7 Å². The zero-order valence-electron chi connectivity index (χ0n) is 13.2. The minimum absolute atomic E-state index is 0. The molecule has 0 bridgehead atoms. The first-order chi connectivity index (χ1) is 11.1. The highest BCUT2D eigenvalue weighted by Gasteiger charge is 2.07. The van der Waals surface area contributed by atoms with Gasteiger partial charge in [0.25, 0.3) is 0 Å². The van der Waals surface area contributed by atoms with E-state index in [1.807, 2.05) is 36.6 Å². The number of aliphatic imine (C=N–C) groups is 1. The topological polar surface area (TPSA) is 92.0 Å². The fourth-order valence-electron chi connectivity index (χ4n) is 1.92. The van der Waals surface area contributed by atoms with Crippen molar-refractivity contribution in [1.29, 1.82) is 0 Å². The predicted octanol–water partition coefficient (Wildman–Crippen LogP) is 4.58. The van der Waals surface area contributed by atoms with Gasteiger partial charge in [0, 0.05) is 10.4 Å². The van der Waals surface area contributed by atoms with Crippen LogP contribution in [0.15, 0.2) is 40.8 Å². The average Bonchev–Trinajstić information content (AvgIpc) is 3.16. The molecule has 0 aliphatic rings. The predicted molar refractivity (Wildman–Crippen MR) is 115 cm³/mol. The van der Waals surface area contributed by atoms with Crippen LogP contribution in [0.3, 0.4) is 0 Å². The number of benzene rings is 1. The lowest BCUT2D eigenvalue weighted by atomic mass is 10.2. The highest BCUT2D eigenvalue weighted by molar-refractivity contribution is 8.93. The van der Waals surface area contributed by atoms with Crippen molar-refractivity contribution in [3.05, 3.63) is 52.3 Å². The first-order valence-corrected chi connectivity index (χ1v) is 8.15. The molecular formula is C15H17Br2ClN6S. The first-order valence-electron chi connectivity index (χ1n) is 6.89. The largest absolute Gasteiger partial charge is 0.370 e. The third kappa shape index (κ3) is 6.10. The second-order valence-corrected chi connectivity index (χ2v) is 6.17. The van der Waals surface area contributed by atoms with E-state index >= 15 is 0 Å². The Hall–Kier alpha value is -1.42. The molecule has 0 amide bonds. The summed E-state index contributed by atoms with van der Waals surface area (Å²) in [6.45, 7) is 2.38. The second kappa shape index (κ2) is 9.91. The van der Waals surface area contributed by atoms with Gasteiger partial charge < -0.3 is 16.0 Å². The number of thiazole rings is 1. The number of anilines is 1. The smallest absolute Gasteiger partial charge is 0.195 e. The van der Waals surface area contributed by atoms with Crippen LogP contribution in [0, 0.1) is 6.92 Å². The number of imidazole rings is 1. The Labute approximate surface area is 175 Å². The summed E-state index contributed by atoms with van der Waals surface area (Å²) in [6.07, 6.45) is 1.76. The van der Waals surface area contributed by atoms with Crippen LogP contribution >= 0.6 is 56.9 Å². The fourth-order valence-corrected chi connectivity index (χ4v) is 2.76. The molecule has 0 aliphatic heterocycles. The Bertz CT molecular complexity index is 831. The van der Waals surface area contributed by atoms with Gasteiger partial charge in [-0.2, -0.15) is 0 Å². The van der Waals surface area contributed by atoms with E-state index in [9.17, 15) is 0 Å². The number of aromatic nitrogens is 3. The molecule has 1 aromatic carbocycles. The van der Waals surface area contributed by atoms with E-state index < -0.39 is 0 Å². The summed E-state index contributed by atoms with van der Waals surface area (Å²) in [5.41, 5.74) is 8.63. The summed E-state index contributed by atoms with van der Waals surface area (Å²) in [5.74, 6) is 1.17. The molecule has 0 saturated heterocycles. The van der Waals surface area contributed by atoms with Gasteiger partial charge in [0.1, 0.15) is 11.5 Å². The minimum Gasteiger partial charge on any atom is -0.370 e. The Balaban J connectivity index is 0.00000156. The van der Waals surface area contributed by atoms with E-state index in [0.717, 1.165) is 22.8 Å². The van der Waals surface area contributed by atoms with Gasteiger partial charge in [0.05, 0.1) is 18.4 Å². The molecule has 0 saturated carbocycles. The van der Waals surface area contributed by atoms with Gasteiger partial charge in [-0.1, -0.05) is 23.7 Å². The van der Waals surface area contributed by atoms with Gasteiger partial charge in [0.15, 0.2) is 11.1 Å². The third-order valence-corrected chi connectivity index (χ3v) is 4.07. The SMILES string of the molecule is Br.Br.Cc1ncc(-c2csc(NC(N)=NCc3ccc(Cl)cc3)n2)[nH]1. The van der Waals surface area contributed by atoms with Crippen molar-refractivity contribution in [3.8, 4) is 11.4 Å². The van der Waals surface area contributed by atoms with Gasteiger partial charge in [0.2, 0.25) is 0 Å². The molecule has 0 aliphatic carbocycles. The quantitative estimate of drug-likeness (QED) is 0.355. The van der Waals surface area contributed by atoms with Crippen LogP contribution < -0.4 is 11.1 Å². The Morgan fingerprint density at radius 3 is 2.68 bits per heavy atom. The van der Waals surface area contributed by atoms with Gasteiger partial charge in [-0.15, -0.1) is 45.3 Å². The molecule has 4 N–H and O–H groups in total. The number of H-pyrrole nitrogens is 1. The summed E-state index contributed by atoms with van der Waals surface area (Å²) in [7, 11) is 0. The highest BCUT2D eigenvalue weighted by atomic mass is 79.9. The zero-order valence-corrected chi connectivity index (χ0v) is 18.2. The molecule has 3 aromatic rings. The second-order valence-electron chi connectivity index (χ2n) is 4.87. The van der Waals surface area contributed by atoms with Crippen LogP contribution in [-0.2, 0) is 6.54 Å². The molecule has 0 spiro atoms. The number of hydrogen-bond acceptors (Lipinski definition) is 4. The van der Waals surface area contributed by atoms with Crippen molar-refractivity contribution >= 4 is 68.0 Å². The van der Waals surface area contributed by atoms with Gasteiger partial charge in [-0.05, 0) is 24.6 Å². The van der Waals surface area contributed by atoms with Crippen molar-refractivity contribution in [2.75, 3.05) is 5.32 Å². The number of nitrogens with one attached hydrogen (secondary N) is 2. The lowest BCUT2D eigenvalue weighted by molar-refractivity contribution is 1.06. The third-order valence-electron chi connectivity index (χ3n) is 3.06. The van der Waals surface area contributed by atoms with Crippen molar-refractivity contribution in [2.45, 2.75) is 13.5 Å². The normalized spacial score (nSPS) is 10.7. The number of aryl methyl sites for hydroxylation is 1. The molecule has 0 radical (unpaired) electrons. The molecule has 2 heterocycles. The van der Waals surface area contributed by atoms with Crippen LogP contribution in [0.4, 0.5) is 5.13 Å². The molecular weight excluding hydrogens is 492 g/mol. The van der Waals surface area contributed by atoms with E-state index in [4.69, 9.17) is 17.3 Å². The maximum atomic E-state index is 5.89. The standard InChI is InChI=1S/C15H15ClN6S.2BrH/c1-9-18-7-12(20-9)13-8-23-15(21-13)22-14(17)19-6-10-2-4-11(16)5-3-10;;/h2-5,7-8H,6H2,1H3,(H,18,20)(H3,17,19,21,22);2*1H. The van der Waals surface area contributed by atoms with Gasteiger partial charge in [-0.25, -0.2) is 15.0 Å². The molecule has 0 unspecified atom stereocenters. The van der Waals surface area contributed by atoms with Crippen LogP contribution in [-0.4, -0.2) is 20.9 Å². The van der Waals surface area contributed by atoms with E-state index in [-0.39, 0.29) is 34.0 Å². The number of hydrogen-bond donors (Lipinski definition) is 3. The van der Waals surface area contributed by atoms with Crippen LogP contribution in [0.2, 0.25) is 5.02 Å². The molecule has 3 rings (SSSR count). The van der Waals surface area contributed by atoms with E-state index in [2.05, 4.69) is 25.3 Å². The Morgan fingerprint density at radius 1 is 1.32 bits per heavy atom. The molecule has 0 fully saturated rings. The van der Waals surface area contributed by atoms with Crippen molar-refractivity contribution in [2.24, 2.45) is 10.7 Å². The average molecular weight is 509 g/mol. The summed E-state index contributed by atoms with van der Waals surface area (Å²) in [4.78, 5) is 16.1. The molecule has 134 valence electrons. The fraction of sp³-hybridized carbons (Fsp3) is 0.133. The monoisotopic (exact) mass is 506 g/mol. The van der Waals surface area contributed by atoms with Crippen LogP contribution in [0.5, 0.6) is 0 Å². The highest BCUT2D eigenvalue weighted by Crippen LogP contribution is 2.23. The summed E-state index contributed by atoms with van der Waals surface area (Å²) in [6, 6.07) is 7.49. The summed E-state index contributed by atoms with van der Waals surface area (Å²) < 4.78 is 0. The molecule has 10 heteroatoms. The number of guanidine groups is 1. The minimum atomic E-state index is 0. The maximum Gasteiger partial charge on any atom is 0.195 e. The lowest BCUT2D eigenvalue weighted by Crippen LogP contribution is -2.22. The van der Waals surface area contributed by atoms with Crippen molar-refractivity contribution in [3.63, 3.8) is 0 Å². The molecule has 25 heavy (non-hydrogen) atoms. The number of nitrogens with zero attached hydrogens (tertiary/aromatic N) is 3. The van der Waals surface area contributed by atoms with Crippen LogP contribution in [0.25, 0.3) is 11.4 Å². The number of aromatic amines is 1. The maximum absolute atomic E-state index is 5.89. The summed E-state index contributed by atoms with van der Waals surface area (Å²) in [5, 5.41) is 6.31. The zero-order chi connectivity index (χ0) is 16.2. The van der Waals surface area contributed by atoms with Gasteiger partial charge in [-0.3, -0.25) is 0 Å². The van der Waals surface area contributed by atoms with Crippen molar-refractivity contribution in [1.82, 2.24) is 15.0 Å². The number of halogens is 3. The first kappa shape index (κ1) is 21.6. The number of rotatable bonds is 4. The number of nitrogens with two attached hydrogens (primary N) is 1. The van der Waals surface area contributed by atoms with Crippen LogP contribution in [0.1, 0.15) is 11.4 Å². The molecule has 6 nitrogen and oxygen atoms in total. The molecule has 2 aromatic heterocycles. The lowest BCUT2D eigenvalue weighted by Gasteiger charge is -2.02. The molecule has 0 atom stereocenters. The van der Waals surface area contributed by atoms with E-state index in [1.165, 1.54) is 11.3 Å². The summed E-state index contributed by atoms with van der Waals surface area (Å²) >= 11 is 7.31. The van der Waals surface area contributed by atoms with Gasteiger partial charge >= 0.3 is 0 Å². The van der Waals surface area contributed by atoms with Crippen molar-refractivity contribution < 1.29 is 0 Å².